The summed E-state index contributed by atoms with van der Waals surface area (Å²) in [6, 6.07) is 10.1. The van der Waals surface area contributed by atoms with Crippen LogP contribution in [0.3, 0.4) is 0 Å². The lowest BCUT2D eigenvalue weighted by atomic mass is 10.0. The first-order valence-electron chi connectivity index (χ1n) is 10.2. The standard InChI is InChI=1S/C23H22N6O2/c1-14-25-23(31-27-14)18-10-15-4-5-16(11-17(15)12-18)21-13-20(26-29(21)3)22(30)7-6-19-8-9-24-28(19)2/h4-5,8-9,11-13H,6-7,10H2,1-3H3. The zero-order chi connectivity index (χ0) is 21.5. The van der Waals surface area contributed by atoms with Crippen molar-refractivity contribution >= 4 is 17.4 Å². The molecule has 0 unspecified atom stereocenters. The van der Waals surface area contributed by atoms with Crippen molar-refractivity contribution in [3.63, 3.8) is 0 Å². The Labute approximate surface area is 179 Å². The second-order valence-corrected chi connectivity index (χ2v) is 7.81. The molecule has 0 fully saturated rings. The van der Waals surface area contributed by atoms with Gasteiger partial charge in [0, 0.05) is 50.0 Å². The van der Waals surface area contributed by atoms with E-state index in [1.165, 1.54) is 5.56 Å². The number of nitrogens with zero attached hydrogens (tertiary/aromatic N) is 6. The predicted molar refractivity (Wildman–Crippen MR) is 115 cm³/mol. The van der Waals surface area contributed by atoms with Crippen molar-refractivity contribution in [3.05, 3.63) is 70.8 Å². The molecule has 0 radical (unpaired) electrons. The zero-order valence-electron chi connectivity index (χ0n) is 17.7. The number of fused-ring (bicyclic) bond motifs is 1. The molecule has 0 saturated heterocycles. The normalized spacial score (nSPS) is 12.8. The van der Waals surface area contributed by atoms with Crippen molar-refractivity contribution < 1.29 is 9.32 Å². The maximum atomic E-state index is 12.7. The number of hydrogen-bond acceptors (Lipinski definition) is 6. The van der Waals surface area contributed by atoms with Crippen LogP contribution in [0.1, 0.15) is 45.4 Å². The van der Waals surface area contributed by atoms with Crippen LogP contribution in [0.5, 0.6) is 0 Å². The zero-order valence-corrected chi connectivity index (χ0v) is 17.7. The molecular weight excluding hydrogens is 392 g/mol. The highest BCUT2D eigenvalue weighted by Crippen LogP contribution is 2.33. The van der Waals surface area contributed by atoms with Crippen LogP contribution in [-0.4, -0.2) is 35.5 Å². The van der Waals surface area contributed by atoms with Gasteiger partial charge in [-0.2, -0.15) is 15.2 Å². The fourth-order valence-corrected chi connectivity index (χ4v) is 3.95. The van der Waals surface area contributed by atoms with Gasteiger partial charge in [-0.3, -0.25) is 14.2 Å². The quantitative estimate of drug-likeness (QED) is 0.449. The molecule has 4 aromatic rings. The van der Waals surface area contributed by atoms with Gasteiger partial charge in [-0.25, -0.2) is 0 Å². The van der Waals surface area contributed by atoms with Crippen LogP contribution in [-0.2, 0) is 26.9 Å². The molecule has 0 N–H and O–H groups in total. The summed E-state index contributed by atoms with van der Waals surface area (Å²) in [7, 11) is 3.74. The molecule has 0 aliphatic heterocycles. The summed E-state index contributed by atoms with van der Waals surface area (Å²) in [6.07, 6.45) is 5.63. The van der Waals surface area contributed by atoms with Gasteiger partial charge in [0.15, 0.2) is 11.6 Å². The Morgan fingerprint density at radius 3 is 2.77 bits per heavy atom. The molecule has 8 nitrogen and oxygen atoms in total. The smallest absolute Gasteiger partial charge is 0.254 e. The number of rotatable bonds is 6. The molecule has 31 heavy (non-hydrogen) atoms. The van der Waals surface area contributed by atoms with Crippen LogP contribution in [0.25, 0.3) is 22.9 Å². The van der Waals surface area contributed by atoms with Gasteiger partial charge in [0.05, 0.1) is 5.69 Å². The average molecular weight is 414 g/mol. The van der Waals surface area contributed by atoms with Crippen molar-refractivity contribution in [1.82, 2.24) is 29.7 Å². The van der Waals surface area contributed by atoms with Gasteiger partial charge in [0.25, 0.3) is 5.89 Å². The molecule has 1 aromatic carbocycles. The first kappa shape index (κ1) is 19.2. The molecule has 8 heteroatoms. The first-order chi connectivity index (χ1) is 15.0. The number of hydrogen-bond donors (Lipinski definition) is 0. The van der Waals surface area contributed by atoms with E-state index in [0.29, 0.717) is 30.3 Å². The minimum absolute atomic E-state index is 0.0261. The number of carbonyl (C=O) groups is 1. The SMILES string of the molecule is Cc1noc(C2=Cc3cc(-c4cc(C(=O)CCc5ccnn5C)nn4C)ccc3C2)n1. The Bertz CT molecular complexity index is 1320. The van der Waals surface area contributed by atoms with E-state index in [2.05, 4.69) is 44.6 Å². The lowest BCUT2D eigenvalue weighted by Gasteiger charge is -2.04. The molecular formula is C23H22N6O2. The third kappa shape index (κ3) is 3.61. The van der Waals surface area contributed by atoms with Crippen LogP contribution in [0, 0.1) is 6.92 Å². The van der Waals surface area contributed by atoms with Gasteiger partial charge in [-0.15, -0.1) is 0 Å². The average Bonchev–Trinajstić information content (AvgIpc) is 3.52. The topological polar surface area (TPSA) is 91.6 Å². The fourth-order valence-electron chi connectivity index (χ4n) is 3.95. The van der Waals surface area contributed by atoms with E-state index in [0.717, 1.165) is 34.5 Å². The third-order valence-corrected chi connectivity index (χ3v) is 5.65. The number of ketones is 1. The van der Waals surface area contributed by atoms with Gasteiger partial charge >= 0.3 is 0 Å². The molecule has 0 spiro atoms. The highest BCUT2D eigenvalue weighted by atomic mass is 16.5. The van der Waals surface area contributed by atoms with Crippen molar-refractivity contribution in [1.29, 1.82) is 0 Å². The van der Waals surface area contributed by atoms with E-state index in [-0.39, 0.29) is 5.78 Å². The van der Waals surface area contributed by atoms with Crippen molar-refractivity contribution in [2.75, 3.05) is 0 Å². The Balaban J connectivity index is 1.37. The van der Waals surface area contributed by atoms with Crippen LogP contribution in [0.4, 0.5) is 0 Å². The largest absolute Gasteiger partial charge is 0.334 e. The molecule has 0 amide bonds. The minimum atomic E-state index is 0.0261. The molecule has 0 saturated carbocycles. The van der Waals surface area contributed by atoms with Gasteiger partial charge in [-0.1, -0.05) is 17.3 Å². The Kier molecular flexibility index (Phi) is 4.62. The van der Waals surface area contributed by atoms with Gasteiger partial charge < -0.3 is 4.52 Å². The number of Topliss-reactive ketones (excluding diaryl/α,β-unsaturated/α-hetero) is 1. The number of allylic oxidation sites excluding steroid dienone is 1. The predicted octanol–water partition coefficient (Wildman–Crippen LogP) is 3.42. The van der Waals surface area contributed by atoms with Crippen LogP contribution in [0.15, 0.2) is 41.1 Å². The van der Waals surface area contributed by atoms with Crippen LogP contribution in [0.2, 0.25) is 0 Å². The van der Waals surface area contributed by atoms with Crippen molar-refractivity contribution in [2.24, 2.45) is 14.1 Å². The molecule has 3 aromatic heterocycles. The summed E-state index contributed by atoms with van der Waals surface area (Å²) in [5.74, 6) is 1.22. The highest BCUT2D eigenvalue weighted by molar-refractivity contribution is 5.95. The second kappa shape index (κ2) is 7.46. The molecule has 0 atom stereocenters. The highest BCUT2D eigenvalue weighted by Gasteiger charge is 2.20. The van der Waals surface area contributed by atoms with E-state index in [1.807, 2.05) is 33.2 Å². The van der Waals surface area contributed by atoms with E-state index in [9.17, 15) is 4.79 Å². The van der Waals surface area contributed by atoms with Gasteiger partial charge in [0.1, 0.15) is 5.69 Å². The van der Waals surface area contributed by atoms with Crippen molar-refractivity contribution in [3.8, 4) is 11.3 Å². The third-order valence-electron chi connectivity index (χ3n) is 5.65. The van der Waals surface area contributed by atoms with Crippen LogP contribution >= 0.6 is 0 Å². The second-order valence-electron chi connectivity index (χ2n) is 7.81. The maximum Gasteiger partial charge on any atom is 0.254 e. The van der Waals surface area contributed by atoms with E-state index >= 15 is 0 Å². The summed E-state index contributed by atoms with van der Waals surface area (Å²) in [4.78, 5) is 17.0. The van der Waals surface area contributed by atoms with Gasteiger partial charge in [0.2, 0.25) is 0 Å². The summed E-state index contributed by atoms with van der Waals surface area (Å²) in [5, 5.41) is 12.5. The molecule has 1 aliphatic rings. The summed E-state index contributed by atoms with van der Waals surface area (Å²) in [6.45, 7) is 1.81. The van der Waals surface area contributed by atoms with E-state index < -0.39 is 0 Å². The number of aryl methyl sites for hydroxylation is 4. The van der Waals surface area contributed by atoms with E-state index in [1.54, 1.807) is 15.6 Å². The summed E-state index contributed by atoms with van der Waals surface area (Å²) >= 11 is 0. The summed E-state index contributed by atoms with van der Waals surface area (Å²) in [5.41, 5.74) is 6.78. The number of carbonyl (C=O) groups excluding carboxylic acids is 1. The van der Waals surface area contributed by atoms with Gasteiger partial charge in [-0.05, 0) is 48.7 Å². The lowest BCUT2D eigenvalue weighted by molar-refractivity contribution is 0.0976. The van der Waals surface area contributed by atoms with E-state index in [4.69, 9.17) is 4.52 Å². The maximum absolute atomic E-state index is 12.7. The Hall–Kier alpha value is -3.81. The van der Waals surface area contributed by atoms with Crippen molar-refractivity contribution in [2.45, 2.75) is 26.2 Å². The minimum Gasteiger partial charge on any atom is -0.334 e. The number of aromatic nitrogens is 6. The first-order valence-corrected chi connectivity index (χ1v) is 10.2. The summed E-state index contributed by atoms with van der Waals surface area (Å²) < 4.78 is 8.87. The lowest BCUT2D eigenvalue weighted by Crippen LogP contribution is -2.05. The molecule has 156 valence electrons. The number of benzene rings is 1. The molecule has 5 rings (SSSR count). The Morgan fingerprint density at radius 1 is 1.16 bits per heavy atom. The monoisotopic (exact) mass is 414 g/mol. The van der Waals surface area contributed by atoms with Crippen LogP contribution < -0.4 is 0 Å². The molecule has 0 bridgehead atoms. The molecule has 1 aliphatic carbocycles. The Morgan fingerprint density at radius 2 is 2.03 bits per heavy atom. The molecule has 3 heterocycles. The fraction of sp³-hybridized carbons (Fsp3) is 0.261.